The Hall–Kier alpha value is -2.77. The third kappa shape index (κ3) is 3.27. The smallest absolute Gasteiger partial charge is 0.137 e. The van der Waals surface area contributed by atoms with Crippen LogP contribution < -0.4 is 4.74 Å². The first-order valence-corrected chi connectivity index (χ1v) is 8.08. The van der Waals surface area contributed by atoms with Crippen molar-refractivity contribution < 1.29 is 4.74 Å². The van der Waals surface area contributed by atoms with Crippen LogP contribution in [-0.2, 0) is 0 Å². The highest BCUT2D eigenvalue weighted by Crippen LogP contribution is 2.31. The van der Waals surface area contributed by atoms with E-state index in [4.69, 9.17) is 16.3 Å². The summed E-state index contributed by atoms with van der Waals surface area (Å²) in [5.41, 5.74) is 2.78. The average molecular weight is 338 g/mol. The van der Waals surface area contributed by atoms with E-state index in [0.717, 1.165) is 17.7 Å². The number of aromatic nitrogens is 2. The Morgan fingerprint density at radius 1 is 1.21 bits per heavy atom. The number of ether oxygens (including phenoxy) is 1. The van der Waals surface area contributed by atoms with Crippen LogP contribution in [0.3, 0.4) is 0 Å². The molecule has 0 aliphatic carbocycles. The zero-order chi connectivity index (χ0) is 16.9. The van der Waals surface area contributed by atoms with Crippen molar-refractivity contribution in [3.05, 3.63) is 65.3 Å². The number of rotatable bonds is 5. The van der Waals surface area contributed by atoms with E-state index in [-0.39, 0.29) is 0 Å². The summed E-state index contributed by atoms with van der Waals surface area (Å²) < 4.78 is 7.28. The van der Waals surface area contributed by atoms with Crippen molar-refractivity contribution >= 4 is 11.6 Å². The van der Waals surface area contributed by atoms with Crippen LogP contribution in [0.25, 0.3) is 16.9 Å². The van der Waals surface area contributed by atoms with Gasteiger partial charge in [0.1, 0.15) is 17.5 Å². The summed E-state index contributed by atoms with van der Waals surface area (Å²) in [6, 6.07) is 17.3. The summed E-state index contributed by atoms with van der Waals surface area (Å²) in [6.07, 6.45) is 2.64. The lowest BCUT2D eigenvalue weighted by Crippen LogP contribution is -1.96. The number of nitriles is 1. The van der Waals surface area contributed by atoms with E-state index in [1.54, 1.807) is 16.9 Å². The van der Waals surface area contributed by atoms with Gasteiger partial charge in [0, 0.05) is 11.8 Å². The normalized spacial score (nSPS) is 10.4. The van der Waals surface area contributed by atoms with Gasteiger partial charge < -0.3 is 4.74 Å². The third-order valence-corrected chi connectivity index (χ3v) is 3.82. The topological polar surface area (TPSA) is 50.8 Å². The Balaban J connectivity index is 1.99. The van der Waals surface area contributed by atoms with Gasteiger partial charge >= 0.3 is 0 Å². The van der Waals surface area contributed by atoms with E-state index in [9.17, 15) is 5.26 Å². The number of benzene rings is 2. The summed E-state index contributed by atoms with van der Waals surface area (Å²) in [6.45, 7) is 2.66. The molecule has 2 aromatic carbocycles. The second-order valence-electron chi connectivity index (χ2n) is 5.28. The first kappa shape index (κ1) is 16.1. The Kier molecular flexibility index (Phi) is 4.83. The minimum Gasteiger partial charge on any atom is -0.492 e. The molecule has 4 nitrogen and oxygen atoms in total. The maximum Gasteiger partial charge on any atom is 0.137 e. The molecule has 0 aliphatic rings. The van der Waals surface area contributed by atoms with Crippen molar-refractivity contribution in [3.63, 3.8) is 0 Å². The molecule has 0 fully saturated rings. The van der Waals surface area contributed by atoms with Crippen LogP contribution in [0.4, 0.5) is 0 Å². The molecule has 120 valence electrons. The fraction of sp³-hybridized carbons (Fsp3) is 0.158. The molecule has 3 aromatic rings. The molecule has 1 aromatic heterocycles. The summed E-state index contributed by atoms with van der Waals surface area (Å²) in [7, 11) is 0. The third-order valence-electron chi connectivity index (χ3n) is 3.52. The minimum absolute atomic E-state index is 0.497. The Labute approximate surface area is 145 Å². The van der Waals surface area contributed by atoms with E-state index >= 15 is 0 Å². The largest absolute Gasteiger partial charge is 0.492 e. The second-order valence-corrected chi connectivity index (χ2v) is 5.68. The van der Waals surface area contributed by atoms with Crippen molar-refractivity contribution in [1.29, 1.82) is 5.26 Å². The van der Waals surface area contributed by atoms with Crippen LogP contribution in [0.5, 0.6) is 5.75 Å². The lowest BCUT2D eigenvalue weighted by Gasteiger charge is -2.08. The van der Waals surface area contributed by atoms with E-state index in [2.05, 4.69) is 11.2 Å². The molecule has 0 radical (unpaired) electrons. The molecule has 0 amide bonds. The van der Waals surface area contributed by atoms with Gasteiger partial charge in [0.05, 0.1) is 22.9 Å². The molecule has 0 saturated carbocycles. The molecule has 0 spiro atoms. The van der Waals surface area contributed by atoms with Crippen molar-refractivity contribution in [2.75, 3.05) is 6.61 Å². The molecule has 0 saturated heterocycles. The molecule has 5 heteroatoms. The van der Waals surface area contributed by atoms with Crippen LogP contribution >= 0.6 is 11.6 Å². The number of hydrogen-bond donors (Lipinski definition) is 0. The van der Waals surface area contributed by atoms with Gasteiger partial charge in [-0.3, -0.25) is 0 Å². The first-order chi connectivity index (χ1) is 11.7. The highest BCUT2D eigenvalue weighted by molar-refractivity contribution is 6.32. The van der Waals surface area contributed by atoms with Crippen LogP contribution in [0.1, 0.15) is 18.9 Å². The first-order valence-electron chi connectivity index (χ1n) is 7.71. The number of nitrogens with zero attached hydrogens (tertiary/aromatic N) is 3. The summed E-state index contributed by atoms with van der Waals surface area (Å²) in [5, 5.41) is 14.5. The Morgan fingerprint density at radius 2 is 2.00 bits per heavy atom. The van der Waals surface area contributed by atoms with Gasteiger partial charge in [0.2, 0.25) is 0 Å². The molecule has 0 N–H and O–H groups in total. The molecule has 0 unspecified atom stereocenters. The van der Waals surface area contributed by atoms with Crippen molar-refractivity contribution in [1.82, 2.24) is 9.78 Å². The molecule has 0 atom stereocenters. The number of hydrogen-bond acceptors (Lipinski definition) is 3. The van der Waals surface area contributed by atoms with Gasteiger partial charge in [-0.15, -0.1) is 0 Å². The second kappa shape index (κ2) is 7.20. The van der Waals surface area contributed by atoms with Gasteiger partial charge in [-0.2, -0.15) is 10.4 Å². The highest BCUT2D eigenvalue weighted by Gasteiger charge is 2.14. The van der Waals surface area contributed by atoms with Gasteiger partial charge in [0.15, 0.2) is 0 Å². The zero-order valence-corrected chi connectivity index (χ0v) is 14.0. The van der Waals surface area contributed by atoms with E-state index < -0.39 is 0 Å². The van der Waals surface area contributed by atoms with Gasteiger partial charge in [-0.25, -0.2) is 4.68 Å². The van der Waals surface area contributed by atoms with Crippen LogP contribution in [0.2, 0.25) is 5.02 Å². The van der Waals surface area contributed by atoms with Crippen molar-refractivity contribution in [2.24, 2.45) is 0 Å². The standard InChI is InChI=1S/C19H16ClN3O/c1-2-10-24-18-9-8-14(11-17(18)20)19-15(12-21)13-23(22-19)16-6-4-3-5-7-16/h3-9,11,13H,2,10H2,1H3. The molecular formula is C19H16ClN3O. The molecule has 24 heavy (non-hydrogen) atoms. The average Bonchev–Trinajstić information content (AvgIpc) is 3.06. The summed E-state index contributed by atoms with van der Waals surface area (Å²) >= 11 is 6.29. The van der Waals surface area contributed by atoms with Crippen molar-refractivity contribution in [2.45, 2.75) is 13.3 Å². The Morgan fingerprint density at radius 3 is 2.67 bits per heavy atom. The number of halogens is 1. The predicted octanol–water partition coefficient (Wildman–Crippen LogP) is 4.85. The number of para-hydroxylation sites is 1. The minimum atomic E-state index is 0.497. The molecule has 0 bridgehead atoms. The highest BCUT2D eigenvalue weighted by atomic mass is 35.5. The monoisotopic (exact) mass is 337 g/mol. The van der Waals surface area contributed by atoms with Gasteiger partial charge in [-0.05, 0) is 36.8 Å². The summed E-state index contributed by atoms with van der Waals surface area (Å²) in [4.78, 5) is 0. The van der Waals surface area contributed by atoms with E-state index in [0.29, 0.717) is 28.6 Å². The fourth-order valence-corrected chi connectivity index (χ4v) is 2.59. The van der Waals surface area contributed by atoms with Crippen LogP contribution in [0.15, 0.2) is 54.7 Å². The summed E-state index contributed by atoms with van der Waals surface area (Å²) in [5.74, 6) is 0.642. The van der Waals surface area contributed by atoms with Crippen LogP contribution in [-0.4, -0.2) is 16.4 Å². The lowest BCUT2D eigenvalue weighted by molar-refractivity contribution is 0.317. The van der Waals surface area contributed by atoms with E-state index in [1.165, 1.54) is 0 Å². The molecular weight excluding hydrogens is 322 g/mol. The van der Waals surface area contributed by atoms with E-state index in [1.807, 2.05) is 49.4 Å². The maximum atomic E-state index is 9.42. The van der Waals surface area contributed by atoms with Crippen LogP contribution in [0, 0.1) is 11.3 Å². The Bertz CT molecular complexity index is 881. The lowest BCUT2D eigenvalue weighted by atomic mass is 10.1. The maximum absolute atomic E-state index is 9.42. The van der Waals surface area contributed by atoms with Gasteiger partial charge in [-0.1, -0.05) is 36.7 Å². The van der Waals surface area contributed by atoms with Crippen molar-refractivity contribution in [3.8, 4) is 28.8 Å². The molecule has 1 heterocycles. The van der Waals surface area contributed by atoms with Gasteiger partial charge in [0.25, 0.3) is 0 Å². The quantitative estimate of drug-likeness (QED) is 0.668. The molecule has 3 rings (SSSR count). The zero-order valence-electron chi connectivity index (χ0n) is 13.2. The SMILES string of the molecule is CCCOc1ccc(-c2nn(-c3ccccc3)cc2C#N)cc1Cl. The fourth-order valence-electron chi connectivity index (χ4n) is 2.36. The molecule has 0 aliphatic heterocycles. The predicted molar refractivity (Wildman–Crippen MR) is 94.5 cm³/mol.